The van der Waals surface area contributed by atoms with Gasteiger partial charge in [-0.05, 0) is 25.1 Å². The van der Waals surface area contributed by atoms with Crippen molar-refractivity contribution in [3.8, 4) is 11.8 Å². The summed E-state index contributed by atoms with van der Waals surface area (Å²) >= 11 is 5.80. The minimum Gasteiger partial charge on any atom is -0.337 e. The van der Waals surface area contributed by atoms with Crippen molar-refractivity contribution in [3.05, 3.63) is 63.2 Å². The fraction of sp³-hybridized carbons (Fsp3) is 0.238. The largest absolute Gasteiger partial charge is 0.337 e. The van der Waals surface area contributed by atoms with Crippen LogP contribution in [0.4, 0.5) is 30.4 Å². The molecule has 0 radical (unpaired) electrons. The monoisotopic (exact) mass is 461 g/mol. The molecule has 1 aliphatic heterocycles. The molecule has 3 aromatic rings. The first-order chi connectivity index (χ1) is 15.1. The van der Waals surface area contributed by atoms with Crippen LogP contribution in [-0.4, -0.2) is 33.9 Å². The minimum atomic E-state index is -3.08. The Morgan fingerprint density at radius 3 is 2.75 bits per heavy atom. The number of nitrogens with zero attached hydrogens (tertiary/aromatic N) is 3. The lowest BCUT2D eigenvalue weighted by molar-refractivity contribution is -0.385. The molecule has 4 rings (SSSR count). The van der Waals surface area contributed by atoms with E-state index in [4.69, 9.17) is 11.6 Å². The Hall–Kier alpha value is -3.42. The third kappa shape index (κ3) is 3.81. The summed E-state index contributed by atoms with van der Waals surface area (Å²) in [5.41, 5.74) is -1.86. The van der Waals surface area contributed by atoms with Gasteiger partial charge in [0.25, 0.3) is 11.6 Å². The van der Waals surface area contributed by atoms with Gasteiger partial charge < -0.3 is 10.6 Å². The lowest BCUT2D eigenvalue weighted by Crippen LogP contribution is -2.36. The third-order valence-electron chi connectivity index (χ3n) is 5.26. The summed E-state index contributed by atoms with van der Waals surface area (Å²) in [5, 5.41) is 17.1. The van der Waals surface area contributed by atoms with Gasteiger partial charge in [0.15, 0.2) is 5.82 Å². The molecule has 1 unspecified atom stereocenters. The fourth-order valence-electron chi connectivity index (χ4n) is 3.31. The number of halogens is 4. The molecule has 0 aliphatic carbocycles. The highest BCUT2D eigenvalue weighted by Gasteiger charge is 2.53. The van der Waals surface area contributed by atoms with Crippen LogP contribution in [0.15, 0.2) is 36.7 Å². The van der Waals surface area contributed by atoms with Crippen molar-refractivity contribution in [1.82, 2.24) is 15.3 Å². The first-order valence-electron chi connectivity index (χ1n) is 9.37. The molecular formula is C21H15ClF3N5O2. The van der Waals surface area contributed by atoms with E-state index in [1.807, 2.05) is 0 Å². The van der Waals surface area contributed by atoms with Crippen molar-refractivity contribution >= 4 is 39.7 Å². The fourth-order valence-corrected chi connectivity index (χ4v) is 3.48. The van der Waals surface area contributed by atoms with Crippen molar-refractivity contribution in [2.75, 3.05) is 18.4 Å². The van der Waals surface area contributed by atoms with E-state index in [1.165, 1.54) is 43.6 Å². The predicted molar refractivity (Wildman–Crippen MR) is 114 cm³/mol. The number of nitro groups is 1. The van der Waals surface area contributed by atoms with E-state index in [0.717, 1.165) is 0 Å². The van der Waals surface area contributed by atoms with Crippen LogP contribution in [0.5, 0.6) is 0 Å². The van der Waals surface area contributed by atoms with Crippen molar-refractivity contribution in [3.63, 3.8) is 0 Å². The molecule has 164 valence electrons. The first kappa shape index (κ1) is 21.8. The molecule has 1 aromatic heterocycles. The van der Waals surface area contributed by atoms with Crippen LogP contribution in [0, 0.1) is 33.2 Å². The summed E-state index contributed by atoms with van der Waals surface area (Å²) < 4.78 is 42.6. The van der Waals surface area contributed by atoms with Gasteiger partial charge in [0.05, 0.1) is 27.7 Å². The minimum absolute atomic E-state index is 0.0212. The topological polar surface area (TPSA) is 93.0 Å². The summed E-state index contributed by atoms with van der Waals surface area (Å²) in [6, 6.07) is 6.84. The Labute approximate surface area is 185 Å². The van der Waals surface area contributed by atoms with Gasteiger partial charge in [-0.15, -0.1) is 0 Å². The number of fused-ring (bicyclic) bond motifs is 1. The molecular weight excluding hydrogens is 447 g/mol. The standard InChI is InChI=1S/C21H15ClF3N5O2/c1-20(9-26-10-21(20,24)25)6-5-12-7-16-13(8-17(12)30(31)32)19(28-11-27-16)29-15-4-2-3-14(22)18(15)23/h2-4,7-8,11,26H,9-10H2,1H3,(H,27,28,29). The number of alkyl halides is 2. The molecule has 0 amide bonds. The normalized spacial score (nSPS) is 19.4. The van der Waals surface area contributed by atoms with Crippen molar-refractivity contribution in [1.29, 1.82) is 0 Å². The second-order valence-electron chi connectivity index (χ2n) is 7.48. The maximum absolute atomic E-state index is 14.3. The Balaban J connectivity index is 1.81. The quantitative estimate of drug-likeness (QED) is 0.334. The molecule has 1 saturated heterocycles. The summed E-state index contributed by atoms with van der Waals surface area (Å²) in [7, 11) is 0. The van der Waals surface area contributed by atoms with Gasteiger partial charge in [-0.1, -0.05) is 29.5 Å². The SMILES string of the molecule is CC1(C#Cc2cc3ncnc(Nc4cccc(Cl)c4F)c3cc2[N+](=O)[O-])CNCC1(F)F. The number of aromatic nitrogens is 2. The van der Waals surface area contributed by atoms with E-state index in [0.29, 0.717) is 0 Å². The van der Waals surface area contributed by atoms with Crippen molar-refractivity contribution in [2.45, 2.75) is 12.8 Å². The second-order valence-corrected chi connectivity index (χ2v) is 7.89. The second kappa shape index (κ2) is 7.93. The van der Waals surface area contributed by atoms with Crippen molar-refractivity contribution < 1.29 is 18.1 Å². The first-order valence-corrected chi connectivity index (χ1v) is 9.75. The number of benzene rings is 2. The summed E-state index contributed by atoms with van der Waals surface area (Å²) in [6.07, 6.45) is 1.19. The van der Waals surface area contributed by atoms with Crippen molar-refractivity contribution in [2.24, 2.45) is 5.41 Å². The van der Waals surface area contributed by atoms with Crippen LogP contribution in [0.3, 0.4) is 0 Å². The molecule has 0 bridgehead atoms. The molecule has 1 fully saturated rings. The zero-order valence-electron chi connectivity index (χ0n) is 16.5. The van der Waals surface area contributed by atoms with Gasteiger partial charge >= 0.3 is 0 Å². The highest BCUT2D eigenvalue weighted by Crippen LogP contribution is 2.39. The van der Waals surface area contributed by atoms with Crippen LogP contribution >= 0.6 is 11.6 Å². The molecule has 1 aliphatic rings. The van der Waals surface area contributed by atoms with E-state index in [-0.39, 0.29) is 39.5 Å². The molecule has 0 saturated carbocycles. The van der Waals surface area contributed by atoms with E-state index in [2.05, 4.69) is 32.4 Å². The average Bonchev–Trinajstić information content (AvgIpc) is 3.01. The molecule has 0 spiro atoms. The van der Waals surface area contributed by atoms with Crippen LogP contribution in [-0.2, 0) is 0 Å². The predicted octanol–water partition coefficient (Wildman–Crippen LogP) is 4.67. The highest BCUT2D eigenvalue weighted by molar-refractivity contribution is 6.31. The average molecular weight is 462 g/mol. The van der Waals surface area contributed by atoms with Gasteiger partial charge in [-0.25, -0.2) is 23.1 Å². The van der Waals surface area contributed by atoms with Gasteiger partial charge in [0, 0.05) is 18.0 Å². The van der Waals surface area contributed by atoms with Gasteiger partial charge in [-0.2, -0.15) is 0 Å². The zero-order chi connectivity index (χ0) is 23.1. The van der Waals surface area contributed by atoms with Crippen LogP contribution in [0.25, 0.3) is 10.9 Å². The Bertz CT molecular complexity index is 1310. The molecule has 7 nitrogen and oxygen atoms in total. The Morgan fingerprint density at radius 2 is 2.06 bits per heavy atom. The Kier molecular flexibility index (Phi) is 5.40. The molecule has 2 heterocycles. The lowest BCUT2D eigenvalue weighted by Gasteiger charge is -2.23. The molecule has 1 atom stereocenters. The maximum Gasteiger partial charge on any atom is 0.285 e. The zero-order valence-corrected chi connectivity index (χ0v) is 17.3. The van der Waals surface area contributed by atoms with Gasteiger partial charge in [0.2, 0.25) is 0 Å². The van der Waals surface area contributed by atoms with Gasteiger partial charge in [0.1, 0.15) is 23.1 Å². The van der Waals surface area contributed by atoms with Gasteiger partial charge in [-0.3, -0.25) is 10.1 Å². The number of anilines is 2. The lowest BCUT2D eigenvalue weighted by atomic mass is 9.86. The number of hydrogen-bond donors (Lipinski definition) is 2. The summed E-state index contributed by atoms with van der Waals surface area (Å²) in [6.45, 7) is 0.743. The molecule has 2 N–H and O–H groups in total. The van der Waals surface area contributed by atoms with Crippen LogP contribution in [0.1, 0.15) is 12.5 Å². The Morgan fingerprint density at radius 1 is 1.28 bits per heavy atom. The summed E-state index contributed by atoms with van der Waals surface area (Å²) in [5.74, 6) is 1.36. The maximum atomic E-state index is 14.3. The molecule has 11 heteroatoms. The number of nitrogens with one attached hydrogen (secondary N) is 2. The number of nitro benzene ring substituents is 1. The molecule has 32 heavy (non-hydrogen) atoms. The number of hydrogen-bond acceptors (Lipinski definition) is 6. The molecule has 2 aromatic carbocycles. The van der Waals surface area contributed by atoms with E-state index >= 15 is 0 Å². The smallest absolute Gasteiger partial charge is 0.285 e. The van der Waals surface area contributed by atoms with E-state index in [1.54, 1.807) is 0 Å². The summed E-state index contributed by atoms with van der Waals surface area (Å²) in [4.78, 5) is 19.1. The number of rotatable bonds is 3. The van der Waals surface area contributed by atoms with Crippen LogP contribution in [0.2, 0.25) is 5.02 Å². The third-order valence-corrected chi connectivity index (χ3v) is 5.55. The van der Waals surface area contributed by atoms with E-state index in [9.17, 15) is 23.3 Å². The van der Waals surface area contributed by atoms with Crippen LogP contribution < -0.4 is 10.6 Å². The van der Waals surface area contributed by atoms with E-state index < -0.39 is 34.3 Å². The highest BCUT2D eigenvalue weighted by atomic mass is 35.5.